The Morgan fingerprint density at radius 1 is 1.06 bits per heavy atom. The second-order valence-electron chi connectivity index (χ2n) is 7.32. The van der Waals surface area contributed by atoms with E-state index in [2.05, 4.69) is 5.32 Å². The van der Waals surface area contributed by atoms with Crippen molar-refractivity contribution < 1.29 is 18.0 Å². The van der Waals surface area contributed by atoms with E-state index in [9.17, 15) is 18.0 Å². The summed E-state index contributed by atoms with van der Waals surface area (Å²) in [5.41, 5.74) is 0.627. The zero-order valence-corrected chi connectivity index (χ0v) is 19.7. The number of carbonyl (C=O) groups excluding carboxylic acids is 2. The molecule has 166 valence electrons. The van der Waals surface area contributed by atoms with Gasteiger partial charge in [0.2, 0.25) is 10.0 Å². The van der Waals surface area contributed by atoms with Crippen LogP contribution in [0.15, 0.2) is 52.3 Å². The largest absolute Gasteiger partial charge is 0.339 e. The number of carbonyl (C=O) groups is 2. The lowest BCUT2D eigenvalue weighted by molar-refractivity contribution is 0.102. The Kier molecular flexibility index (Phi) is 7.64. The number of hydrogen-bond acceptors (Lipinski definition) is 5. The molecule has 1 heterocycles. The molecule has 31 heavy (non-hydrogen) atoms. The number of benzene rings is 2. The van der Waals surface area contributed by atoms with E-state index in [1.54, 1.807) is 38.4 Å². The molecule has 10 heteroatoms. The number of anilines is 1. The third kappa shape index (κ3) is 5.60. The molecule has 3 rings (SSSR count). The third-order valence-electron chi connectivity index (χ3n) is 4.82. The van der Waals surface area contributed by atoms with E-state index in [1.807, 2.05) is 0 Å². The molecule has 0 aromatic heterocycles. The third-order valence-corrected chi connectivity index (χ3v) is 8.32. The van der Waals surface area contributed by atoms with E-state index in [0.29, 0.717) is 23.7 Å². The average Bonchev–Trinajstić information content (AvgIpc) is 2.75. The fourth-order valence-corrected chi connectivity index (χ4v) is 5.89. The highest BCUT2D eigenvalue weighted by Crippen LogP contribution is 2.31. The molecule has 0 saturated carbocycles. The summed E-state index contributed by atoms with van der Waals surface area (Å²) in [5.74, 6) is -0.489. The van der Waals surface area contributed by atoms with E-state index < -0.39 is 15.9 Å². The first-order valence-electron chi connectivity index (χ1n) is 9.79. The molecule has 0 unspecified atom stereocenters. The summed E-state index contributed by atoms with van der Waals surface area (Å²) in [4.78, 5) is 26.9. The van der Waals surface area contributed by atoms with Crippen LogP contribution >= 0.6 is 23.4 Å². The zero-order valence-electron chi connectivity index (χ0n) is 17.3. The molecular weight excluding hydrogens is 458 g/mol. The van der Waals surface area contributed by atoms with Crippen molar-refractivity contribution in [1.29, 1.82) is 0 Å². The SMILES string of the molecule is CN(C)C(=O)Sc1ccccc1NC(=O)c1ccc(Cl)c(S(=O)(=O)N2CCCCC2)c1. The molecule has 0 atom stereocenters. The molecule has 1 N–H and O–H groups in total. The van der Waals surface area contributed by atoms with Crippen LogP contribution in [0.25, 0.3) is 0 Å². The van der Waals surface area contributed by atoms with Gasteiger partial charge in [-0.2, -0.15) is 4.31 Å². The number of nitrogens with zero attached hydrogens (tertiary/aromatic N) is 2. The van der Waals surface area contributed by atoms with E-state index in [1.165, 1.54) is 27.4 Å². The second-order valence-corrected chi connectivity index (χ2v) is 10.6. The Bertz CT molecular complexity index is 1080. The molecule has 1 aliphatic heterocycles. The van der Waals surface area contributed by atoms with E-state index >= 15 is 0 Å². The monoisotopic (exact) mass is 481 g/mol. The van der Waals surface area contributed by atoms with Gasteiger partial charge < -0.3 is 10.2 Å². The maximum atomic E-state index is 13.0. The van der Waals surface area contributed by atoms with Crippen molar-refractivity contribution in [2.24, 2.45) is 0 Å². The molecule has 0 spiro atoms. The molecule has 7 nitrogen and oxygen atoms in total. The summed E-state index contributed by atoms with van der Waals surface area (Å²) in [6, 6.07) is 11.1. The first-order chi connectivity index (χ1) is 14.7. The predicted octanol–water partition coefficient (Wildman–Crippen LogP) is 4.54. The van der Waals surface area contributed by atoms with Crippen LogP contribution in [-0.4, -0.2) is 56.0 Å². The summed E-state index contributed by atoms with van der Waals surface area (Å²) >= 11 is 7.19. The van der Waals surface area contributed by atoms with E-state index in [-0.39, 0.29) is 20.7 Å². The lowest BCUT2D eigenvalue weighted by Gasteiger charge is -2.26. The van der Waals surface area contributed by atoms with E-state index in [4.69, 9.17) is 11.6 Å². The van der Waals surface area contributed by atoms with Gasteiger partial charge in [0.05, 0.1) is 10.7 Å². The maximum absolute atomic E-state index is 13.0. The molecular formula is C21H24ClN3O4S2. The maximum Gasteiger partial charge on any atom is 0.286 e. The predicted molar refractivity (Wildman–Crippen MR) is 123 cm³/mol. The van der Waals surface area contributed by atoms with Crippen molar-refractivity contribution in [3.8, 4) is 0 Å². The fourth-order valence-electron chi connectivity index (χ4n) is 3.13. The molecule has 2 amide bonds. The zero-order chi connectivity index (χ0) is 22.6. The Labute approximate surface area is 191 Å². The first-order valence-corrected chi connectivity index (χ1v) is 12.4. The number of piperidine rings is 1. The smallest absolute Gasteiger partial charge is 0.286 e. The van der Waals surface area contributed by atoms with Gasteiger partial charge in [-0.3, -0.25) is 9.59 Å². The number of para-hydroxylation sites is 1. The first kappa shape index (κ1) is 23.6. The van der Waals surface area contributed by atoms with Crippen LogP contribution in [0.3, 0.4) is 0 Å². The van der Waals surface area contributed by atoms with Gasteiger partial charge in [0.25, 0.3) is 11.1 Å². The number of amides is 2. The second kappa shape index (κ2) is 10.0. The molecule has 2 aromatic rings. The Balaban J connectivity index is 1.86. The van der Waals surface area contributed by atoms with Crippen LogP contribution in [0.2, 0.25) is 5.02 Å². The van der Waals surface area contributed by atoms with Crippen LogP contribution in [0, 0.1) is 0 Å². The lowest BCUT2D eigenvalue weighted by Crippen LogP contribution is -2.35. The lowest BCUT2D eigenvalue weighted by atomic mass is 10.2. The number of halogens is 1. The highest BCUT2D eigenvalue weighted by molar-refractivity contribution is 8.13. The molecule has 1 saturated heterocycles. The fraction of sp³-hybridized carbons (Fsp3) is 0.333. The van der Waals surface area contributed by atoms with Gasteiger partial charge in [0, 0.05) is 37.6 Å². The van der Waals surface area contributed by atoms with E-state index in [0.717, 1.165) is 31.0 Å². The van der Waals surface area contributed by atoms with Gasteiger partial charge in [0.15, 0.2) is 0 Å². The summed E-state index contributed by atoms with van der Waals surface area (Å²) in [5, 5.41) is 2.67. The van der Waals surface area contributed by atoms with Crippen LogP contribution in [-0.2, 0) is 10.0 Å². The van der Waals surface area contributed by atoms with Crippen molar-refractivity contribution >= 4 is 50.2 Å². The Morgan fingerprint density at radius 2 is 1.74 bits per heavy atom. The van der Waals surface area contributed by atoms with Crippen LogP contribution in [0.1, 0.15) is 29.6 Å². The summed E-state index contributed by atoms with van der Waals surface area (Å²) < 4.78 is 27.5. The molecule has 1 aliphatic rings. The normalized spacial score (nSPS) is 14.8. The highest BCUT2D eigenvalue weighted by atomic mass is 35.5. The van der Waals surface area contributed by atoms with Gasteiger partial charge in [-0.05, 0) is 54.9 Å². The number of hydrogen-bond donors (Lipinski definition) is 1. The van der Waals surface area contributed by atoms with Crippen molar-refractivity contribution in [3.05, 3.63) is 53.1 Å². The quantitative estimate of drug-likeness (QED) is 0.633. The van der Waals surface area contributed by atoms with Crippen LogP contribution < -0.4 is 5.32 Å². The van der Waals surface area contributed by atoms with Gasteiger partial charge in [-0.15, -0.1) is 0 Å². The number of sulfonamides is 1. The minimum Gasteiger partial charge on any atom is -0.339 e. The molecule has 1 fully saturated rings. The van der Waals surface area contributed by atoms with Crippen LogP contribution in [0.4, 0.5) is 10.5 Å². The molecule has 0 aliphatic carbocycles. The average molecular weight is 482 g/mol. The summed E-state index contributed by atoms with van der Waals surface area (Å²) in [7, 11) is -0.493. The van der Waals surface area contributed by atoms with Gasteiger partial charge in [-0.1, -0.05) is 30.2 Å². The highest BCUT2D eigenvalue weighted by Gasteiger charge is 2.29. The van der Waals surface area contributed by atoms with Crippen molar-refractivity contribution in [1.82, 2.24) is 9.21 Å². The summed E-state index contributed by atoms with van der Waals surface area (Å²) in [6.45, 7) is 0.888. The topological polar surface area (TPSA) is 86.8 Å². The minimum atomic E-state index is -3.79. The van der Waals surface area contributed by atoms with Crippen LogP contribution in [0.5, 0.6) is 0 Å². The van der Waals surface area contributed by atoms with Crippen molar-refractivity contribution in [2.75, 3.05) is 32.5 Å². The molecule has 0 bridgehead atoms. The number of rotatable bonds is 5. The number of thioether (sulfide) groups is 1. The summed E-state index contributed by atoms with van der Waals surface area (Å²) in [6.07, 6.45) is 2.60. The van der Waals surface area contributed by atoms with Gasteiger partial charge in [-0.25, -0.2) is 8.42 Å². The Hall–Kier alpha value is -2.07. The Morgan fingerprint density at radius 3 is 2.42 bits per heavy atom. The van der Waals surface area contributed by atoms with Crippen molar-refractivity contribution in [2.45, 2.75) is 29.1 Å². The van der Waals surface area contributed by atoms with Gasteiger partial charge in [0.1, 0.15) is 4.90 Å². The standard InChI is InChI=1S/C21H24ClN3O4S2/c1-24(2)21(27)30-18-9-5-4-8-17(18)23-20(26)15-10-11-16(22)19(14-15)31(28,29)25-12-6-3-7-13-25/h4-5,8-11,14H,3,6-7,12-13H2,1-2H3,(H,23,26). The molecule has 2 aromatic carbocycles. The number of nitrogens with one attached hydrogen (secondary N) is 1. The van der Waals surface area contributed by atoms with Crippen molar-refractivity contribution in [3.63, 3.8) is 0 Å². The van der Waals surface area contributed by atoms with Gasteiger partial charge >= 0.3 is 0 Å². The minimum absolute atomic E-state index is 0.0748. The molecule has 0 radical (unpaired) electrons.